The van der Waals surface area contributed by atoms with Crippen LogP contribution < -0.4 is 0 Å². The predicted octanol–water partition coefficient (Wildman–Crippen LogP) is 4.85. The smallest absolute Gasteiger partial charge is 0.139 e. The molecule has 0 radical (unpaired) electrons. The summed E-state index contributed by atoms with van der Waals surface area (Å²) in [5, 5.41) is 0. The average Bonchev–Trinajstić information content (AvgIpc) is 2.76. The fourth-order valence-corrected chi connectivity index (χ4v) is 6.05. The van der Waals surface area contributed by atoms with Gasteiger partial charge >= 0.3 is 0 Å². The maximum Gasteiger partial charge on any atom is 0.139 e. The largest absolute Gasteiger partial charge is 0.299 e. The Balaban J connectivity index is 1.72. The van der Waals surface area contributed by atoms with Crippen molar-refractivity contribution < 1.29 is 4.79 Å². The number of Topliss-reactive ketones (excluding diaryl/α,β-unsaturated/α-hetero) is 1. The quantitative estimate of drug-likeness (QED) is 0.620. The summed E-state index contributed by atoms with van der Waals surface area (Å²) in [6.45, 7) is 8.79. The van der Waals surface area contributed by atoms with E-state index in [1.165, 1.54) is 19.3 Å². The average molecular weight is 282 g/mol. The lowest BCUT2D eigenvalue weighted by atomic mass is 9.48. The standard InChI is InChI=1S/C20H26O/c1-13-8-10-19(2)14(12-13)4-5-15-16-6-7-18(21)20(16,3)11-9-17(15)19/h8,10,12,15-17H,1,4-7,9,11H2,2-3H3/t15-,16-,17-,19+,20-/m1/s1. The van der Waals surface area contributed by atoms with Crippen LogP contribution in [0.1, 0.15) is 52.4 Å². The summed E-state index contributed by atoms with van der Waals surface area (Å²) in [6.07, 6.45) is 13.7. The van der Waals surface area contributed by atoms with E-state index < -0.39 is 0 Å². The number of allylic oxidation sites excluding steroid dienone is 5. The van der Waals surface area contributed by atoms with E-state index >= 15 is 0 Å². The van der Waals surface area contributed by atoms with Crippen LogP contribution in [0, 0.1) is 28.6 Å². The maximum atomic E-state index is 12.4. The molecule has 0 aromatic carbocycles. The summed E-state index contributed by atoms with van der Waals surface area (Å²) in [4.78, 5) is 12.4. The molecule has 5 atom stereocenters. The van der Waals surface area contributed by atoms with Crippen LogP contribution in [0.5, 0.6) is 0 Å². The Kier molecular flexibility index (Phi) is 2.72. The zero-order valence-corrected chi connectivity index (χ0v) is 13.3. The Morgan fingerprint density at radius 1 is 1.14 bits per heavy atom. The lowest BCUT2D eigenvalue weighted by molar-refractivity contribution is -0.131. The molecule has 0 spiro atoms. The molecule has 0 aromatic heterocycles. The summed E-state index contributed by atoms with van der Waals surface area (Å²) in [6, 6.07) is 0. The summed E-state index contributed by atoms with van der Waals surface area (Å²) in [5.74, 6) is 2.66. The molecule has 4 aliphatic carbocycles. The van der Waals surface area contributed by atoms with E-state index in [2.05, 4.69) is 38.7 Å². The molecular weight excluding hydrogens is 256 g/mol. The van der Waals surface area contributed by atoms with Gasteiger partial charge in [-0.15, -0.1) is 0 Å². The molecule has 0 heterocycles. The topological polar surface area (TPSA) is 17.1 Å². The van der Waals surface area contributed by atoms with E-state index in [0.29, 0.717) is 11.7 Å². The van der Waals surface area contributed by atoms with Gasteiger partial charge in [0, 0.05) is 17.3 Å². The first-order chi connectivity index (χ1) is 9.95. The van der Waals surface area contributed by atoms with Crippen molar-refractivity contribution in [3.05, 3.63) is 36.0 Å². The number of rotatable bonds is 0. The minimum Gasteiger partial charge on any atom is -0.299 e. The van der Waals surface area contributed by atoms with E-state index in [0.717, 1.165) is 36.7 Å². The van der Waals surface area contributed by atoms with Crippen LogP contribution in [0.4, 0.5) is 0 Å². The highest BCUT2D eigenvalue weighted by molar-refractivity contribution is 5.87. The molecule has 3 fully saturated rings. The SMILES string of the molecule is C=C1C=C[C@@]2(C)C(=C1)CC[C@H]1[C@H]2CC[C@@]2(C)C(=O)CC[C@H]12. The first-order valence-electron chi connectivity index (χ1n) is 8.58. The minimum absolute atomic E-state index is 0.000717. The molecule has 0 N–H and O–H groups in total. The molecule has 0 amide bonds. The van der Waals surface area contributed by atoms with Gasteiger partial charge in [-0.05, 0) is 55.4 Å². The van der Waals surface area contributed by atoms with Gasteiger partial charge in [-0.2, -0.15) is 0 Å². The maximum absolute atomic E-state index is 12.4. The van der Waals surface area contributed by atoms with Gasteiger partial charge in [0.15, 0.2) is 0 Å². The monoisotopic (exact) mass is 282 g/mol. The van der Waals surface area contributed by atoms with Crippen molar-refractivity contribution in [1.82, 2.24) is 0 Å². The molecule has 0 unspecified atom stereocenters. The van der Waals surface area contributed by atoms with E-state index in [-0.39, 0.29) is 10.8 Å². The fraction of sp³-hybridized carbons (Fsp3) is 0.650. The molecule has 4 aliphatic rings. The Labute approximate surface area is 128 Å². The summed E-state index contributed by atoms with van der Waals surface area (Å²) >= 11 is 0. The van der Waals surface area contributed by atoms with Gasteiger partial charge in [0.25, 0.3) is 0 Å². The lowest BCUT2D eigenvalue weighted by Crippen LogP contribution is -2.49. The van der Waals surface area contributed by atoms with E-state index in [1.807, 2.05) is 0 Å². The molecule has 4 rings (SSSR count). The first kappa shape index (κ1) is 13.5. The third-order valence-electron chi connectivity index (χ3n) is 7.36. The van der Waals surface area contributed by atoms with E-state index in [1.54, 1.807) is 5.57 Å². The van der Waals surface area contributed by atoms with Crippen LogP contribution in [0.15, 0.2) is 36.0 Å². The van der Waals surface area contributed by atoms with Crippen LogP contribution in [0.25, 0.3) is 0 Å². The van der Waals surface area contributed by atoms with Crippen molar-refractivity contribution in [2.45, 2.75) is 52.4 Å². The summed E-state index contributed by atoms with van der Waals surface area (Å²) in [5.41, 5.74) is 2.96. The van der Waals surface area contributed by atoms with Gasteiger partial charge in [0.2, 0.25) is 0 Å². The predicted molar refractivity (Wildman–Crippen MR) is 85.8 cm³/mol. The van der Waals surface area contributed by atoms with Gasteiger partial charge in [-0.3, -0.25) is 4.79 Å². The second kappa shape index (κ2) is 4.21. The number of carbonyl (C=O) groups is 1. The van der Waals surface area contributed by atoms with Gasteiger partial charge in [-0.1, -0.05) is 44.2 Å². The van der Waals surface area contributed by atoms with Crippen molar-refractivity contribution in [3.63, 3.8) is 0 Å². The third kappa shape index (κ3) is 1.67. The molecule has 1 heteroatoms. The number of ketones is 1. The van der Waals surface area contributed by atoms with E-state index in [4.69, 9.17) is 0 Å². The highest BCUT2D eigenvalue weighted by Crippen LogP contribution is 2.63. The highest BCUT2D eigenvalue weighted by atomic mass is 16.1. The number of carbonyl (C=O) groups excluding carboxylic acids is 1. The van der Waals surface area contributed by atoms with Crippen molar-refractivity contribution in [2.75, 3.05) is 0 Å². The molecule has 112 valence electrons. The lowest BCUT2D eigenvalue weighted by Gasteiger charge is -2.55. The minimum atomic E-state index is 0.000717. The van der Waals surface area contributed by atoms with Crippen LogP contribution in [0.2, 0.25) is 0 Å². The first-order valence-corrected chi connectivity index (χ1v) is 8.58. The van der Waals surface area contributed by atoms with Crippen molar-refractivity contribution in [2.24, 2.45) is 28.6 Å². The highest BCUT2D eigenvalue weighted by Gasteiger charge is 2.58. The zero-order chi connectivity index (χ0) is 14.8. The van der Waals surface area contributed by atoms with Gasteiger partial charge in [0.1, 0.15) is 5.78 Å². The van der Waals surface area contributed by atoms with Gasteiger partial charge < -0.3 is 0 Å². The Morgan fingerprint density at radius 2 is 1.95 bits per heavy atom. The molecule has 0 aliphatic heterocycles. The molecule has 0 aromatic rings. The van der Waals surface area contributed by atoms with Crippen LogP contribution >= 0.6 is 0 Å². The molecule has 3 saturated carbocycles. The number of hydrogen-bond donors (Lipinski definition) is 0. The zero-order valence-electron chi connectivity index (χ0n) is 13.3. The molecule has 0 saturated heterocycles. The van der Waals surface area contributed by atoms with Crippen LogP contribution in [-0.4, -0.2) is 5.78 Å². The second-order valence-electron chi connectivity index (χ2n) is 8.19. The molecule has 21 heavy (non-hydrogen) atoms. The second-order valence-corrected chi connectivity index (χ2v) is 8.19. The normalized spacial score (nSPS) is 48.5. The van der Waals surface area contributed by atoms with Crippen LogP contribution in [-0.2, 0) is 4.79 Å². The summed E-state index contributed by atoms with van der Waals surface area (Å²) < 4.78 is 0. The van der Waals surface area contributed by atoms with Crippen molar-refractivity contribution in [3.8, 4) is 0 Å². The number of hydrogen-bond acceptors (Lipinski definition) is 1. The molecule has 1 nitrogen and oxygen atoms in total. The Hall–Kier alpha value is -1.11. The molecular formula is C20H26O. The van der Waals surface area contributed by atoms with Gasteiger partial charge in [-0.25, -0.2) is 0 Å². The Bertz CT molecular complexity index is 581. The number of fused-ring (bicyclic) bond motifs is 5. The van der Waals surface area contributed by atoms with Crippen molar-refractivity contribution >= 4 is 5.78 Å². The Morgan fingerprint density at radius 3 is 2.76 bits per heavy atom. The third-order valence-corrected chi connectivity index (χ3v) is 7.36. The molecule has 0 bridgehead atoms. The van der Waals surface area contributed by atoms with Crippen molar-refractivity contribution in [1.29, 1.82) is 0 Å². The van der Waals surface area contributed by atoms with E-state index in [9.17, 15) is 4.79 Å². The summed E-state index contributed by atoms with van der Waals surface area (Å²) in [7, 11) is 0. The van der Waals surface area contributed by atoms with Gasteiger partial charge in [0.05, 0.1) is 0 Å². The van der Waals surface area contributed by atoms with Crippen LogP contribution in [0.3, 0.4) is 0 Å². The fourth-order valence-electron chi connectivity index (χ4n) is 6.05.